The fourth-order valence-corrected chi connectivity index (χ4v) is 2.62. The third kappa shape index (κ3) is 4.82. The molecule has 0 aliphatic heterocycles. The Hall–Kier alpha value is -3.36. The summed E-state index contributed by atoms with van der Waals surface area (Å²) in [6, 6.07) is 4.69. The summed E-state index contributed by atoms with van der Waals surface area (Å²) in [6.45, 7) is 1.14. The molecule has 1 heterocycles. The smallest absolute Gasteiger partial charge is 0.326 e. The van der Waals surface area contributed by atoms with E-state index in [-0.39, 0.29) is 6.42 Å². The van der Waals surface area contributed by atoms with Crippen molar-refractivity contribution in [2.45, 2.75) is 31.8 Å². The quantitative estimate of drug-likeness (QED) is 0.455. The molecular weight excluding hydrogens is 342 g/mol. The zero-order valence-electron chi connectivity index (χ0n) is 14.0. The average molecular weight is 361 g/mol. The van der Waals surface area contributed by atoms with Gasteiger partial charge < -0.3 is 25.8 Å². The molecule has 9 nitrogen and oxygen atoms in total. The largest absolute Gasteiger partial charge is 0.481 e. The van der Waals surface area contributed by atoms with Crippen molar-refractivity contribution in [1.82, 2.24) is 15.6 Å². The van der Waals surface area contributed by atoms with Crippen molar-refractivity contribution in [3.8, 4) is 0 Å². The average Bonchev–Trinajstić information content (AvgIpc) is 2.95. The van der Waals surface area contributed by atoms with Crippen LogP contribution in [0.1, 0.15) is 18.9 Å². The summed E-state index contributed by atoms with van der Waals surface area (Å²) < 4.78 is 0. The molecule has 1 aromatic carbocycles. The summed E-state index contributed by atoms with van der Waals surface area (Å²) in [5.41, 5.74) is 1.53. The van der Waals surface area contributed by atoms with Gasteiger partial charge in [-0.2, -0.15) is 0 Å². The van der Waals surface area contributed by atoms with Crippen molar-refractivity contribution in [2.75, 3.05) is 0 Å². The number of carbonyl (C=O) groups excluding carboxylic acids is 2. The summed E-state index contributed by atoms with van der Waals surface area (Å²) in [5, 5.41) is 23.6. The second-order valence-corrected chi connectivity index (χ2v) is 5.81. The molecule has 0 fully saturated rings. The second-order valence-electron chi connectivity index (χ2n) is 5.81. The lowest BCUT2D eigenvalue weighted by Gasteiger charge is -2.19. The number of aromatic nitrogens is 1. The Balaban J connectivity index is 2.16. The van der Waals surface area contributed by atoms with Gasteiger partial charge in [-0.25, -0.2) is 4.79 Å². The molecule has 2 rings (SSSR count). The van der Waals surface area contributed by atoms with E-state index in [0.717, 1.165) is 17.8 Å². The number of carboxylic acids is 2. The first-order valence-corrected chi connectivity index (χ1v) is 7.85. The molecule has 0 bridgehead atoms. The van der Waals surface area contributed by atoms with Crippen molar-refractivity contribution in [3.63, 3.8) is 0 Å². The number of fused-ring (bicyclic) bond motifs is 1. The molecule has 0 unspecified atom stereocenters. The van der Waals surface area contributed by atoms with Crippen molar-refractivity contribution >= 4 is 34.7 Å². The third-order valence-electron chi connectivity index (χ3n) is 3.79. The predicted molar refractivity (Wildman–Crippen MR) is 91.4 cm³/mol. The molecule has 0 aliphatic rings. The van der Waals surface area contributed by atoms with Gasteiger partial charge in [-0.1, -0.05) is 18.2 Å². The second kappa shape index (κ2) is 8.15. The number of para-hydroxylation sites is 1. The number of aromatic amines is 1. The minimum atomic E-state index is -1.35. The first-order chi connectivity index (χ1) is 12.3. The topological polar surface area (TPSA) is 149 Å². The van der Waals surface area contributed by atoms with E-state index in [1.54, 1.807) is 6.20 Å². The van der Waals surface area contributed by atoms with Gasteiger partial charge in [0, 0.05) is 30.4 Å². The maximum atomic E-state index is 12.3. The number of carboxylic acid groups (broad SMARTS) is 2. The Bertz CT molecular complexity index is 828. The van der Waals surface area contributed by atoms with Crippen molar-refractivity contribution in [3.05, 3.63) is 36.0 Å². The summed E-state index contributed by atoms with van der Waals surface area (Å²) in [7, 11) is 0. The van der Waals surface area contributed by atoms with E-state index in [0.29, 0.717) is 5.56 Å². The highest BCUT2D eigenvalue weighted by atomic mass is 16.4. The van der Waals surface area contributed by atoms with Crippen LogP contribution in [-0.4, -0.2) is 51.0 Å². The van der Waals surface area contributed by atoms with Gasteiger partial charge in [0.2, 0.25) is 11.8 Å². The Morgan fingerprint density at radius 1 is 1.08 bits per heavy atom. The third-order valence-corrected chi connectivity index (χ3v) is 3.79. The lowest BCUT2D eigenvalue weighted by molar-refractivity contribution is -0.143. The zero-order valence-corrected chi connectivity index (χ0v) is 14.0. The number of benzene rings is 1. The first-order valence-electron chi connectivity index (χ1n) is 7.85. The van der Waals surface area contributed by atoms with Gasteiger partial charge in [0.05, 0.1) is 6.42 Å². The van der Waals surface area contributed by atoms with Crippen molar-refractivity contribution in [2.24, 2.45) is 0 Å². The van der Waals surface area contributed by atoms with E-state index < -0.39 is 42.3 Å². The van der Waals surface area contributed by atoms with Crippen LogP contribution in [-0.2, 0) is 25.6 Å². The van der Waals surface area contributed by atoms with Crippen LogP contribution < -0.4 is 10.6 Å². The van der Waals surface area contributed by atoms with Gasteiger partial charge in [0.15, 0.2) is 0 Å². The number of hydrogen-bond acceptors (Lipinski definition) is 4. The van der Waals surface area contributed by atoms with Crippen LogP contribution in [0.25, 0.3) is 10.9 Å². The summed E-state index contributed by atoms with van der Waals surface area (Å²) in [5.74, 6) is -4.01. The number of carbonyl (C=O) groups is 4. The molecule has 5 N–H and O–H groups in total. The number of aliphatic carboxylic acids is 2. The lowest BCUT2D eigenvalue weighted by Crippen LogP contribution is -2.52. The lowest BCUT2D eigenvalue weighted by atomic mass is 10.0. The van der Waals surface area contributed by atoms with Crippen LogP contribution in [0, 0.1) is 0 Å². The Morgan fingerprint density at radius 3 is 2.38 bits per heavy atom. The minimum Gasteiger partial charge on any atom is -0.481 e. The monoisotopic (exact) mass is 361 g/mol. The van der Waals surface area contributed by atoms with Gasteiger partial charge in [-0.05, 0) is 11.6 Å². The molecule has 0 radical (unpaired) electrons. The summed E-state index contributed by atoms with van der Waals surface area (Å²) in [6.07, 6.45) is 1.02. The normalized spacial score (nSPS) is 13.0. The highest BCUT2D eigenvalue weighted by molar-refractivity contribution is 5.93. The molecule has 1 aromatic heterocycles. The maximum Gasteiger partial charge on any atom is 0.326 e. The van der Waals surface area contributed by atoms with E-state index in [1.807, 2.05) is 24.3 Å². The Morgan fingerprint density at radius 2 is 1.77 bits per heavy atom. The molecule has 0 spiro atoms. The fraction of sp³-hybridized carbons (Fsp3) is 0.294. The summed E-state index contributed by atoms with van der Waals surface area (Å²) >= 11 is 0. The van der Waals surface area contributed by atoms with Crippen LogP contribution in [0.4, 0.5) is 0 Å². The van der Waals surface area contributed by atoms with Gasteiger partial charge in [0.1, 0.15) is 12.1 Å². The Labute approximate surface area is 148 Å². The van der Waals surface area contributed by atoms with E-state index in [1.165, 1.54) is 0 Å². The van der Waals surface area contributed by atoms with E-state index >= 15 is 0 Å². The minimum absolute atomic E-state index is 0.00491. The molecule has 26 heavy (non-hydrogen) atoms. The molecule has 0 aliphatic carbocycles. The number of H-pyrrole nitrogens is 1. The fourth-order valence-electron chi connectivity index (χ4n) is 2.62. The highest BCUT2D eigenvalue weighted by Crippen LogP contribution is 2.19. The number of hydrogen-bond donors (Lipinski definition) is 5. The zero-order chi connectivity index (χ0) is 19.3. The number of nitrogens with one attached hydrogen (secondary N) is 3. The van der Waals surface area contributed by atoms with E-state index in [4.69, 9.17) is 5.11 Å². The van der Waals surface area contributed by atoms with E-state index in [2.05, 4.69) is 15.6 Å². The van der Waals surface area contributed by atoms with Crippen LogP contribution in [0.3, 0.4) is 0 Å². The van der Waals surface area contributed by atoms with Gasteiger partial charge in [0.25, 0.3) is 0 Å². The van der Waals surface area contributed by atoms with Crippen LogP contribution in [0.2, 0.25) is 0 Å². The molecule has 2 atom stereocenters. The molecule has 138 valence electrons. The molecule has 2 amide bonds. The van der Waals surface area contributed by atoms with Gasteiger partial charge in [-0.3, -0.25) is 14.4 Å². The molecule has 2 aromatic rings. The number of rotatable bonds is 8. The first kappa shape index (κ1) is 19.0. The molecule has 0 saturated heterocycles. The molecular formula is C17H19N3O6. The Kier molecular flexibility index (Phi) is 5.94. The molecule has 0 saturated carbocycles. The van der Waals surface area contributed by atoms with Crippen molar-refractivity contribution < 1.29 is 29.4 Å². The SMILES string of the molecule is CC(=O)N[C@@H](CC(=O)O)C(=O)N[C@@H](Cc1c[nH]c2ccccc12)C(=O)O. The van der Waals surface area contributed by atoms with Crippen LogP contribution >= 0.6 is 0 Å². The van der Waals surface area contributed by atoms with Gasteiger partial charge >= 0.3 is 11.9 Å². The summed E-state index contributed by atoms with van der Waals surface area (Å²) in [4.78, 5) is 48.8. The highest BCUT2D eigenvalue weighted by Gasteiger charge is 2.28. The predicted octanol–water partition coefficient (Wildman–Crippen LogP) is 0.259. The van der Waals surface area contributed by atoms with Crippen molar-refractivity contribution in [1.29, 1.82) is 0 Å². The number of amides is 2. The van der Waals surface area contributed by atoms with Gasteiger partial charge in [-0.15, -0.1) is 0 Å². The molecule has 9 heteroatoms. The maximum absolute atomic E-state index is 12.3. The van der Waals surface area contributed by atoms with E-state index in [9.17, 15) is 24.3 Å². The van der Waals surface area contributed by atoms with Crippen LogP contribution in [0.5, 0.6) is 0 Å². The van der Waals surface area contributed by atoms with Crippen LogP contribution in [0.15, 0.2) is 30.5 Å². The standard InChI is InChI=1S/C17H19N3O6/c1-9(21)19-13(7-15(22)23)16(24)20-14(17(25)26)6-10-8-18-12-5-3-2-4-11(10)12/h2-5,8,13-14,18H,6-7H2,1H3,(H,19,21)(H,20,24)(H,22,23)(H,25,26)/t13-,14-/m0/s1.